The van der Waals surface area contributed by atoms with Crippen LogP contribution in [-0.4, -0.2) is 38.2 Å². The van der Waals surface area contributed by atoms with Crippen LogP contribution in [0.25, 0.3) is 0 Å². The molecule has 0 aromatic heterocycles. The summed E-state index contributed by atoms with van der Waals surface area (Å²) in [5.41, 5.74) is 2.50. The van der Waals surface area contributed by atoms with E-state index in [1.807, 2.05) is 12.1 Å². The zero-order chi connectivity index (χ0) is 23.8. The highest BCUT2D eigenvalue weighted by Gasteiger charge is 2.31. The van der Waals surface area contributed by atoms with Gasteiger partial charge in [-0.3, -0.25) is 9.10 Å². The Morgan fingerprint density at radius 3 is 2.58 bits per heavy atom. The number of carbonyl (C=O) groups excluding carboxylic acids is 1. The number of hydrogen-bond acceptors (Lipinski definition) is 5. The topological polar surface area (TPSA) is 128 Å². The van der Waals surface area contributed by atoms with Crippen molar-refractivity contribution in [1.29, 1.82) is 5.41 Å². The molecule has 3 aromatic carbocycles. The van der Waals surface area contributed by atoms with Crippen LogP contribution in [0.4, 0.5) is 11.4 Å². The van der Waals surface area contributed by atoms with Crippen LogP contribution in [0.3, 0.4) is 0 Å². The molecule has 0 bridgehead atoms. The average molecular weight is 464 g/mol. The number of aromatic carboxylic acids is 1. The van der Waals surface area contributed by atoms with Crippen LogP contribution >= 0.6 is 0 Å². The first kappa shape index (κ1) is 22.2. The molecular weight excluding hydrogens is 442 g/mol. The molecule has 0 radical (unpaired) electrons. The molecule has 33 heavy (non-hydrogen) atoms. The number of aryl methyl sites for hydroxylation is 1. The predicted octanol–water partition coefficient (Wildman–Crippen LogP) is 3.69. The van der Waals surface area contributed by atoms with Gasteiger partial charge in [-0.2, -0.15) is 0 Å². The van der Waals surface area contributed by atoms with Crippen LogP contribution in [0.15, 0.2) is 65.6 Å². The van der Waals surface area contributed by atoms with Gasteiger partial charge < -0.3 is 15.8 Å². The molecule has 0 saturated heterocycles. The van der Waals surface area contributed by atoms with Gasteiger partial charge >= 0.3 is 5.97 Å². The number of carboxylic acid groups (broad SMARTS) is 1. The molecular formula is C24H21N3O5S. The molecule has 1 aliphatic rings. The summed E-state index contributed by atoms with van der Waals surface area (Å²) in [6, 6.07) is 15.8. The second-order valence-electron chi connectivity index (χ2n) is 7.70. The Kier molecular flexibility index (Phi) is 5.73. The van der Waals surface area contributed by atoms with Crippen molar-refractivity contribution in [2.75, 3.05) is 16.2 Å². The summed E-state index contributed by atoms with van der Waals surface area (Å²) in [5, 5.41) is 19.3. The maximum atomic E-state index is 13.4. The summed E-state index contributed by atoms with van der Waals surface area (Å²) < 4.78 is 28.1. The summed E-state index contributed by atoms with van der Waals surface area (Å²) in [6.45, 7) is 2.01. The van der Waals surface area contributed by atoms with Crippen molar-refractivity contribution in [3.05, 3.63) is 88.5 Å². The Balaban J connectivity index is 1.68. The number of carboxylic acids is 1. The normalized spacial score (nSPS) is 12.8. The van der Waals surface area contributed by atoms with Gasteiger partial charge in [-0.1, -0.05) is 24.3 Å². The van der Waals surface area contributed by atoms with E-state index in [9.17, 15) is 23.1 Å². The largest absolute Gasteiger partial charge is 0.478 e. The number of hydrogen-bond donors (Lipinski definition) is 3. The number of anilines is 2. The van der Waals surface area contributed by atoms with Crippen molar-refractivity contribution in [1.82, 2.24) is 0 Å². The number of nitrogens with one attached hydrogen (secondary N) is 2. The number of benzene rings is 3. The molecule has 0 aliphatic carbocycles. The van der Waals surface area contributed by atoms with Crippen molar-refractivity contribution in [2.45, 2.75) is 18.2 Å². The first-order chi connectivity index (χ1) is 15.7. The number of rotatable bonds is 6. The van der Waals surface area contributed by atoms with Crippen molar-refractivity contribution in [2.24, 2.45) is 0 Å². The van der Waals surface area contributed by atoms with Crippen molar-refractivity contribution >= 4 is 39.5 Å². The van der Waals surface area contributed by atoms with Crippen LogP contribution in [0, 0.1) is 12.3 Å². The molecule has 168 valence electrons. The number of nitrogens with zero attached hydrogens (tertiary/aromatic N) is 1. The van der Waals surface area contributed by atoms with Crippen LogP contribution < -0.4 is 9.62 Å². The minimum Gasteiger partial charge on any atom is -0.478 e. The van der Waals surface area contributed by atoms with E-state index < -0.39 is 21.9 Å². The summed E-state index contributed by atoms with van der Waals surface area (Å²) in [7, 11) is -3.90. The van der Waals surface area contributed by atoms with Gasteiger partial charge in [0.05, 0.1) is 21.8 Å². The highest BCUT2D eigenvalue weighted by Crippen LogP contribution is 2.33. The van der Waals surface area contributed by atoms with Crippen molar-refractivity contribution < 1.29 is 23.1 Å². The number of sulfonamides is 1. The molecule has 1 amide bonds. The van der Waals surface area contributed by atoms with E-state index in [0.29, 0.717) is 29.8 Å². The SMILES string of the molecule is Cc1cc(C(=O)Nc2ccc(C=N)cc2C(=O)O)cc(S(=O)(=O)N2CCc3ccccc32)c1. The van der Waals surface area contributed by atoms with E-state index in [0.717, 1.165) is 11.8 Å². The molecule has 0 fully saturated rings. The van der Waals surface area contributed by atoms with Crippen LogP contribution in [0.2, 0.25) is 0 Å². The zero-order valence-electron chi connectivity index (χ0n) is 17.7. The summed E-state index contributed by atoms with van der Waals surface area (Å²) in [4.78, 5) is 24.5. The number of amides is 1. The molecule has 1 aliphatic heterocycles. The third-order valence-electron chi connectivity index (χ3n) is 5.43. The Bertz CT molecular complexity index is 1400. The molecule has 0 unspecified atom stereocenters. The summed E-state index contributed by atoms with van der Waals surface area (Å²) in [5.74, 6) is -1.89. The number of carbonyl (C=O) groups is 2. The minimum atomic E-state index is -3.90. The zero-order valence-corrected chi connectivity index (χ0v) is 18.5. The van der Waals surface area contributed by atoms with Crippen LogP contribution in [0.5, 0.6) is 0 Å². The number of para-hydroxylation sites is 1. The molecule has 3 N–H and O–H groups in total. The molecule has 9 heteroatoms. The Labute approximate surface area is 191 Å². The maximum absolute atomic E-state index is 13.4. The Morgan fingerprint density at radius 2 is 1.85 bits per heavy atom. The van der Waals surface area contributed by atoms with Crippen LogP contribution in [0.1, 0.15) is 37.4 Å². The lowest BCUT2D eigenvalue weighted by Crippen LogP contribution is -2.29. The van der Waals surface area contributed by atoms with Gasteiger partial charge in [0.25, 0.3) is 15.9 Å². The Morgan fingerprint density at radius 1 is 1.09 bits per heavy atom. The highest BCUT2D eigenvalue weighted by molar-refractivity contribution is 7.92. The second kappa shape index (κ2) is 8.51. The van der Waals surface area contributed by atoms with Gasteiger partial charge in [0.2, 0.25) is 0 Å². The molecule has 4 rings (SSSR count). The van der Waals surface area contributed by atoms with Gasteiger partial charge in [-0.15, -0.1) is 0 Å². The van der Waals surface area contributed by atoms with Crippen molar-refractivity contribution in [3.8, 4) is 0 Å². The predicted molar refractivity (Wildman–Crippen MR) is 125 cm³/mol. The smallest absolute Gasteiger partial charge is 0.337 e. The summed E-state index contributed by atoms with van der Waals surface area (Å²) in [6.07, 6.45) is 1.62. The number of fused-ring (bicyclic) bond motifs is 1. The molecule has 8 nitrogen and oxygen atoms in total. The van der Waals surface area contributed by atoms with Gasteiger partial charge in [0.15, 0.2) is 0 Å². The maximum Gasteiger partial charge on any atom is 0.337 e. The van der Waals surface area contributed by atoms with Gasteiger partial charge in [-0.25, -0.2) is 13.2 Å². The lowest BCUT2D eigenvalue weighted by Gasteiger charge is -2.20. The van der Waals surface area contributed by atoms with E-state index in [2.05, 4.69) is 5.32 Å². The average Bonchev–Trinajstić information content (AvgIpc) is 3.24. The Hall–Kier alpha value is -3.98. The van der Waals surface area contributed by atoms with Gasteiger partial charge in [-0.05, 0) is 66.4 Å². The van der Waals surface area contributed by atoms with E-state index in [1.54, 1.807) is 25.1 Å². The molecule has 1 heterocycles. The summed E-state index contributed by atoms with van der Waals surface area (Å²) >= 11 is 0. The molecule has 0 spiro atoms. The fourth-order valence-corrected chi connectivity index (χ4v) is 5.48. The van der Waals surface area contributed by atoms with E-state index in [-0.39, 0.29) is 21.7 Å². The second-order valence-corrected chi connectivity index (χ2v) is 9.56. The van der Waals surface area contributed by atoms with Crippen molar-refractivity contribution in [3.63, 3.8) is 0 Å². The molecule has 3 aromatic rings. The monoisotopic (exact) mass is 463 g/mol. The van der Waals surface area contributed by atoms with Crippen LogP contribution in [-0.2, 0) is 16.4 Å². The van der Waals surface area contributed by atoms with Gasteiger partial charge in [0.1, 0.15) is 0 Å². The third-order valence-corrected chi connectivity index (χ3v) is 7.23. The molecule has 0 atom stereocenters. The quantitative estimate of drug-likeness (QED) is 0.480. The van der Waals surface area contributed by atoms with E-state index in [1.165, 1.54) is 34.6 Å². The fourth-order valence-electron chi connectivity index (χ4n) is 3.84. The molecule has 0 saturated carbocycles. The highest BCUT2D eigenvalue weighted by atomic mass is 32.2. The fraction of sp³-hybridized carbons (Fsp3) is 0.125. The van der Waals surface area contributed by atoms with E-state index in [4.69, 9.17) is 5.41 Å². The minimum absolute atomic E-state index is 0.0121. The lowest BCUT2D eigenvalue weighted by molar-refractivity contribution is 0.0698. The van der Waals surface area contributed by atoms with Gasteiger partial charge in [0, 0.05) is 18.3 Å². The third kappa shape index (κ3) is 4.22. The lowest BCUT2D eigenvalue weighted by atomic mass is 10.1. The van der Waals surface area contributed by atoms with E-state index >= 15 is 0 Å². The first-order valence-corrected chi connectivity index (χ1v) is 11.6. The first-order valence-electron chi connectivity index (χ1n) is 10.1. The standard InChI is InChI=1S/C24H21N3O5S/c1-15-10-18(23(28)26-21-7-6-16(14-25)12-20(21)24(29)30)13-19(11-15)33(31,32)27-9-8-17-4-2-3-5-22(17)27/h2-7,10-14,25H,8-9H2,1H3,(H,26,28)(H,29,30).